The van der Waals surface area contributed by atoms with Gasteiger partial charge in [0.25, 0.3) is 0 Å². The Morgan fingerprint density at radius 1 is 1.38 bits per heavy atom. The molecule has 90 valence electrons. The summed E-state index contributed by atoms with van der Waals surface area (Å²) in [6.45, 7) is 0.331. The minimum Gasteiger partial charge on any atom is -0.399 e. The van der Waals surface area contributed by atoms with Gasteiger partial charge in [-0.15, -0.1) is 0 Å². The second-order valence-corrected chi connectivity index (χ2v) is 5.12. The quantitative estimate of drug-likeness (QED) is 0.521. The monoisotopic (exact) mass is 247 g/mol. The van der Waals surface area contributed by atoms with Crippen molar-refractivity contribution in [3.05, 3.63) is 24.0 Å². The fourth-order valence-electron chi connectivity index (χ4n) is 1.17. The summed E-state index contributed by atoms with van der Waals surface area (Å²) in [6, 6.07) is 4.26. The Labute approximate surface area is 93.7 Å². The number of nitrogens with one attached hydrogen (secondary N) is 1. The van der Waals surface area contributed by atoms with E-state index in [1.54, 1.807) is 6.07 Å². The molecule has 16 heavy (non-hydrogen) atoms. The maximum absolute atomic E-state index is 13.2. The smallest absolute Gasteiger partial charge is 0.209 e. The maximum atomic E-state index is 13.2. The molecule has 0 heterocycles. The summed E-state index contributed by atoms with van der Waals surface area (Å²) >= 11 is 0. The zero-order valence-corrected chi connectivity index (χ0v) is 9.43. The molecule has 0 atom stereocenters. The van der Waals surface area contributed by atoms with Gasteiger partial charge in [-0.1, -0.05) is 0 Å². The molecule has 0 radical (unpaired) electrons. The Kier molecular flexibility index (Phi) is 4.08. The average molecular weight is 247 g/mol. The van der Waals surface area contributed by atoms with E-state index >= 15 is 0 Å². The van der Waals surface area contributed by atoms with Crippen LogP contribution in [-0.4, -0.2) is 20.7 Å². The van der Waals surface area contributed by atoms with Crippen LogP contribution in [0.3, 0.4) is 0 Å². The minimum atomic E-state index is -3.45. The van der Waals surface area contributed by atoms with Gasteiger partial charge in [0.2, 0.25) is 10.0 Å². The van der Waals surface area contributed by atoms with Crippen LogP contribution in [-0.2, 0) is 10.0 Å². The lowest BCUT2D eigenvalue weighted by Gasteiger charge is -2.07. The van der Waals surface area contributed by atoms with E-state index in [-0.39, 0.29) is 5.75 Å². The molecule has 1 aromatic carbocycles. The predicted octanol–water partition coefficient (Wildman–Crippen LogP) is 0.498. The molecule has 1 rings (SSSR count). The highest BCUT2D eigenvalue weighted by Gasteiger charge is 2.04. The van der Waals surface area contributed by atoms with Crippen molar-refractivity contribution in [2.24, 2.45) is 5.14 Å². The number of primary sulfonamides is 1. The summed E-state index contributed by atoms with van der Waals surface area (Å²) in [5, 5.41) is 7.58. The third kappa shape index (κ3) is 4.45. The number of hydrogen-bond acceptors (Lipinski definition) is 4. The topological polar surface area (TPSA) is 98.2 Å². The molecule has 0 saturated carbocycles. The van der Waals surface area contributed by atoms with Crippen molar-refractivity contribution in [2.75, 3.05) is 23.3 Å². The van der Waals surface area contributed by atoms with Gasteiger partial charge in [0.1, 0.15) is 5.82 Å². The number of sulfonamides is 1. The second-order valence-electron chi connectivity index (χ2n) is 3.39. The van der Waals surface area contributed by atoms with Gasteiger partial charge in [0.15, 0.2) is 0 Å². The summed E-state index contributed by atoms with van der Waals surface area (Å²) < 4.78 is 34.5. The Hall–Kier alpha value is -1.34. The minimum absolute atomic E-state index is 0.128. The third-order valence-corrected chi connectivity index (χ3v) is 2.77. The fraction of sp³-hybridized carbons (Fsp3) is 0.333. The van der Waals surface area contributed by atoms with E-state index in [1.165, 1.54) is 12.1 Å². The largest absolute Gasteiger partial charge is 0.399 e. The number of halogens is 1. The van der Waals surface area contributed by atoms with E-state index in [2.05, 4.69) is 5.32 Å². The number of benzene rings is 1. The SMILES string of the molecule is Nc1ccc(NCCCS(N)(=O)=O)c(F)c1. The Morgan fingerprint density at radius 2 is 2.06 bits per heavy atom. The highest BCUT2D eigenvalue weighted by molar-refractivity contribution is 7.89. The Bertz CT molecular complexity index is 462. The van der Waals surface area contributed by atoms with Gasteiger partial charge in [-0.05, 0) is 24.6 Å². The number of nitrogen functional groups attached to an aromatic ring is 1. The van der Waals surface area contributed by atoms with Crippen LogP contribution in [0, 0.1) is 5.82 Å². The average Bonchev–Trinajstić information content (AvgIpc) is 2.13. The predicted molar refractivity (Wildman–Crippen MR) is 61.9 cm³/mol. The van der Waals surface area contributed by atoms with E-state index in [1.807, 2.05) is 0 Å². The molecule has 1 aromatic rings. The Balaban J connectivity index is 2.43. The molecule has 0 bridgehead atoms. The third-order valence-electron chi connectivity index (χ3n) is 1.91. The molecule has 0 aromatic heterocycles. The molecule has 5 N–H and O–H groups in total. The normalized spacial score (nSPS) is 11.4. The molecule has 0 amide bonds. The fourth-order valence-corrected chi connectivity index (χ4v) is 1.72. The zero-order chi connectivity index (χ0) is 12.2. The van der Waals surface area contributed by atoms with E-state index in [9.17, 15) is 12.8 Å². The summed E-state index contributed by atoms with van der Waals surface area (Å²) in [6.07, 6.45) is 0.322. The molecule has 5 nitrogen and oxygen atoms in total. The first-order valence-electron chi connectivity index (χ1n) is 4.68. The highest BCUT2D eigenvalue weighted by Crippen LogP contribution is 2.16. The van der Waals surface area contributed by atoms with Crippen LogP contribution in [0.1, 0.15) is 6.42 Å². The van der Waals surface area contributed by atoms with Crippen LogP contribution in [0.2, 0.25) is 0 Å². The molecule has 0 saturated heterocycles. The van der Waals surface area contributed by atoms with Crippen LogP contribution in [0.25, 0.3) is 0 Å². The highest BCUT2D eigenvalue weighted by atomic mass is 32.2. The van der Waals surface area contributed by atoms with Crippen LogP contribution < -0.4 is 16.2 Å². The first-order chi connectivity index (χ1) is 7.38. The van der Waals surface area contributed by atoms with E-state index in [0.29, 0.717) is 24.3 Å². The van der Waals surface area contributed by atoms with Crippen LogP contribution in [0.5, 0.6) is 0 Å². The molecule has 0 spiro atoms. The number of anilines is 2. The molecule has 0 fully saturated rings. The summed E-state index contributed by atoms with van der Waals surface area (Å²) in [5.74, 6) is -0.591. The standard InChI is InChI=1S/C9H14FN3O2S/c10-8-6-7(11)2-3-9(8)13-4-1-5-16(12,14)15/h2-3,6,13H,1,4-5,11H2,(H2,12,14,15). The summed E-state index contributed by atoms with van der Waals surface area (Å²) in [7, 11) is -3.45. The van der Waals surface area contributed by atoms with Crippen molar-refractivity contribution < 1.29 is 12.8 Å². The van der Waals surface area contributed by atoms with Crippen molar-refractivity contribution in [2.45, 2.75) is 6.42 Å². The molecule has 7 heteroatoms. The van der Waals surface area contributed by atoms with Crippen molar-refractivity contribution >= 4 is 21.4 Å². The number of hydrogen-bond donors (Lipinski definition) is 3. The zero-order valence-electron chi connectivity index (χ0n) is 8.61. The maximum Gasteiger partial charge on any atom is 0.209 e. The molecular weight excluding hydrogens is 233 g/mol. The summed E-state index contributed by atoms with van der Waals surface area (Å²) in [4.78, 5) is 0. The van der Waals surface area contributed by atoms with Gasteiger partial charge in [-0.25, -0.2) is 17.9 Å². The summed E-state index contributed by atoms with van der Waals surface area (Å²) in [5.41, 5.74) is 6.01. The van der Waals surface area contributed by atoms with Crippen molar-refractivity contribution in [1.82, 2.24) is 0 Å². The van der Waals surface area contributed by atoms with Crippen molar-refractivity contribution in [3.8, 4) is 0 Å². The van der Waals surface area contributed by atoms with Gasteiger partial charge >= 0.3 is 0 Å². The first-order valence-corrected chi connectivity index (χ1v) is 6.39. The lowest BCUT2D eigenvalue weighted by atomic mass is 10.2. The lowest BCUT2D eigenvalue weighted by molar-refractivity contribution is 0.595. The number of rotatable bonds is 5. The van der Waals surface area contributed by atoms with Crippen molar-refractivity contribution in [3.63, 3.8) is 0 Å². The molecular formula is C9H14FN3O2S. The molecule has 0 unspecified atom stereocenters. The molecule has 0 aliphatic rings. The van der Waals surface area contributed by atoms with E-state index in [0.717, 1.165) is 0 Å². The first kappa shape index (κ1) is 12.7. The number of nitrogens with two attached hydrogens (primary N) is 2. The Morgan fingerprint density at radius 3 is 2.62 bits per heavy atom. The van der Waals surface area contributed by atoms with Gasteiger partial charge in [-0.2, -0.15) is 0 Å². The van der Waals surface area contributed by atoms with Gasteiger partial charge in [0.05, 0.1) is 11.4 Å². The van der Waals surface area contributed by atoms with Crippen LogP contribution in [0.4, 0.5) is 15.8 Å². The van der Waals surface area contributed by atoms with E-state index < -0.39 is 15.8 Å². The lowest BCUT2D eigenvalue weighted by Crippen LogP contribution is -2.18. The van der Waals surface area contributed by atoms with Crippen LogP contribution >= 0.6 is 0 Å². The van der Waals surface area contributed by atoms with Gasteiger partial charge in [0, 0.05) is 12.2 Å². The van der Waals surface area contributed by atoms with E-state index in [4.69, 9.17) is 10.9 Å². The van der Waals surface area contributed by atoms with Gasteiger partial charge in [-0.3, -0.25) is 0 Å². The van der Waals surface area contributed by atoms with Crippen molar-refractivity contribution in [1.29, 1.82) is 0 Å². The van der Waals surface area contributed by atoms with Gasteiger partial charge < -0.3 is 11.1 Å². The molecule has 0 aliphatic carbocycles. The second kappa shape index (κ2) is 5.13. The molecule has 0 aliphatic heterocycles. The van der Waals surface area contributed by atoms with Crippen LogP contribution in [0.15, 0.2) is 18.2 Å².